The molecule has 0 amide bonds. The quantitative estimate of drug-likeness (QED) is 0.876. The van der Waals surface area contributed by atoms with Crippen LogP contribution in [0.5, 0.6) is 0 Å². The molecule has 1 N–H and O–H groups in total. The van der Waals surface area contributed by atoms with E-state index in [-0.39, 0.29) is 12.0 Å². The van der Waals surface area contributed by atoms with E-state index in [4.69, 9.17) is 14.3 Å². The standard InChI is InChI=1S/C13H18O4/c1-9-4-5-11(13(14)15)12(7-9)17-8-10-3-2-6-16-10/h2-3,6,9,11-12H,4-5,7-8H2,1H3,(H,14,15). The molecule has 3 atom stereocenters. The van der Waals surface area contributed by atoms with Crippen LogP contribution in [0.25, 0.3) is 0 Å². The van der Waals surface area contributed by atoms with Gasteiger partial charge in [0, 0.05) is 0 Å². The van der Waals surface area contributed by atoms with E-state index in [0.29, 0.717) is 18.9 Å². The van der Waals surface area contributed by atoms with E-state index in [9.17, 15) is 4.79 Å². The molecule has 4 nitrogen and oxygen atoms in total. The first-order valence-electron chi connectivity index (χ1n) is 6.03. The second-order valence-electron chi connectivity index (χ2n) is 4.79. The molecule has 94 valence electrons. The van der Waals surface area contributed by atoms with Crippen molar-refractivity contribution in [2.24, 2.45) is 11.8 Å². The van der Waals surface area contributed by atoms with Crippen molar-refractivity contribution in [1.29, 1.82) is 0 Å². The van der Waals surface area contributed by atoms with Crippen LogP contribution in [-0.4, -0.2) is 17.2 Å². The van der Waals surface area contributed by atoms with Crippen molar-refractivity contribution >= 4 is 5.97 Å². The highest BCUT2D eigenvalue weighted by Crippen LogP contribution is 2.31. The van der Waals surface area contributed by atoms with Crippen LogP contribution >= 0.6 is 0 Å². The molecule has 2 rings (SSSR count). The molecule has 0 aromatic carbocycles. The molecule has 1 aromatic rings. The fourth-order valence-corrected chi connectivity index (χ4v) is 2.38. The molecule has 1 saturated carbocycles. The van der Waals surface area contributed by atoms with Crippen LogP contribution in [0.4, 0.5) is 0 Å². The molecule has 3 unspecified atom stereocenters. The minimum atomic E-state index is -0.749. The maximum Gasteiger partial charge on any atom is 0.309 e. The van der Waals surface area contributed by atoms with Crippen molar-refractivity contribution < 1.29 is 19.1 Å². The molecule has 1 aliphatic rings. The Labute approximate surface area is 101 Å². The molecule has 1 aromatic heterocycles. The number of ether oxygens (including phenoxy) is 1. The Morgan fingerprint density at radius 2 is 2.41 bits per heavy atom. The van der Waals surface area contributed by atoms with Gasteiger partial charge in [0.25, 0.3) is 0 Å². The van der Waals surface area contributed by atoms with E-state index in [1.807, 2.05) is 6.07 Å². The maximum absolute atomic E-state index is 11.1. The van der Waals surface area contributed by atoms with Crippen molar-refractivity contribution in [2.75, 3.05) is 0 Å². The molecule has 17 heavy (non-hydrogen) atoms. The second-order valence-corrected chi connectivity index (χ2v) is 4.79. The van der Waals surface area contributed by atoms with Crippen molar-refractivity contribution in [3.05, 3.63) is 24.2 Å². The topological polar surface area (TPSA) is 59.7 Å². The molecule has 0 saturated heterocycles. The molecule has 4 heteroatoms. The molecule has 0 bridgehead atoms. The number of hydrogen-bond acceptors (Lipinski definition) is 3. The van der Waals surface area contributed by atoms with Crippen molar-refractivity contribution in [2.45, 2.75) is 38.9 Å². The lowest BCUT2D eigenvalue weighted by molar-refractivity contribution is -0.151. The van der Waals surface area contributed by atoms with E-state index < -0.39 is 5.97 Å². The second kappa shape index (κ2) is 5.36. The summed E-state index contributed by atoms with van der Waals surface area (Å²) >= 11 is 0. The van der Waals surface area contributed by atoms with Gasteiger partial charge in [-0.1, -0.05) is 6.92 Å². The van der Waals surface area contributed by atoms with E-state index in [0.717, 1.165) is 18.6 Å². The van der Waals surface area contributed by atoms with Crippen LogP contribution < -0.4 is 0 Å². The van der Waals surface area contributed by atoms with Gasteiger partial charge in [0.1, 0.15) is 12.4 Å². The monoisotopic (exact) mass is 238 g/mol. The molecule has 0 spiro atoms. The predicted octanol–water partition coefficient (Wildman–Crippen LogP) is 2.69. The highest BCUT2D eigenvalue weighted by atomic mass is 16.5. The number of carboxylic acids is 1. The zero-order valence-electron chi connectivity index (χ0n) is 9.96. The fraction of sp³-hybridized carbons (Fsp3) is 0.615. The molecule has 0 radical (unpaired) electrons. The largest absolute Gasteiger partial charge is 0.481 e. The summed E-state index contributed by atoms with van der Waals surface area (Å²) in [5, 5.41) is 9.15. The molecule has 1 aliphatic carbocycles. The number of hydrogen-bond donors (Lipinski definition) is 1. The normalized spacial score (nSPS) is 29.1. The number of carboxylic acid groups (broad SMARTS) is 1. The van der Waals surface area contributed by atoms with Crippen LogP contribution in [0.15, 0.2) is 22.8 Å². The molecule has 1 heterocycles. The van der Waals surface area contributed by atoms with Crippen LogP contribution in [0.3, 0.4) is 0 Å². The summed E-state index contributed by atoms with van der Waals surface area (Å²) in [4.78, 5) is 11.1. The first-order chi connectivity index (χ1) is 8.16. The smallest absolute Gasteiger partial charge is 0.309 e. The first-order valence-corrected chi connectivity index (χ1v) is 6.03. The lowest BCUT2D eigenvalue weighted by Gasteiger charge is -2.32. The maximum atomic E-state index is 11.1. The Morgan fingerprint density at radius 1 is 1.59 bits per heavy atom. The van der Waals surface area contributed by atoms with Crippen molar-refractivity contribution in [3.63, 3.8) is 0 Å². The number of aliphatic carboxylic acids is 1. The van der Waals surface area contributed by atoms with Gasteiger partial charge in [-0.3, -0.25) is 4.79 Å². The predicted molar refractivity (Wildman–Crippen MR) is 61.4 cm³/mol. The van der Waals surface area contributed by atoms with Gasteiger partial charge < -0.3 is 14.3 Å². The highest BCUT2D eigenvalue weighted by molar-refractivity contribution is 5.70. The summed E-state index contributed by atoms with van der Waals surface area (Å²) < 4.78 is 10.9. The zero-order valence-corrected chi connectivity index (χ0v) is 9.96. The van der Waals surface area contributed by atoms with E-state index >= 15 is 0 Å². The minimum Gasteiger partial charge on any atom is -0.481 e. The number of carbonyl (C=O) groups is 1. The third-order valence-corrected chi connectivity index (χ3v) is 3.39. The lowest BCUT2D eigenvalue weighted by atomic mass is 9.80. The third-order valence-electron chi connectivity index (χ3n) is 3.39. The van der Waals surface area contributed by atoms with Gasteiger partial charge in [0.15, 0.2) is 0 Å². The molecule has 1 fully saturated rings. The van der Waals surface area contributed by atoms with E-state index in [1.165, 1.54) is 0 Å². The summed E-state index contributed by atoms with van der Waals surface area (Å²) in [6.45, 7) is 2.50. The third kappa shape index (κ3) is 3.09. The zero-order chi connectivity index (χ0) is 12.3. The Kier molecular flexibility index (Phi) is 3.84. The Bertz CT molecular complexity index is 358. The average Bonchev–Trinajstić information content (AvgIpc) is 2.78. The van der Waals surface area contributed by atoms with Gasteiger partial charge in [-0.15, -0.1) is 0 Å². The van der Waals surface area contributed by atoms with Gasteiger partial charge in [0.05, 0.1) is 18.3 Å². The number of furan rings is 1. The van der Waals surface area contributed by atoms with Gasteiger partial charge in [0.2, 0.25) is 0 Å². The van der Waals surface area contributed by atoms with Gasteiger partial charge >= 0.3 is 5.97 Å². The Hall–Kier alpha value is -1.29. The number of rotatable bonds is 4. The van der Waals surface area contributed by atoms with E-state index in [2.05, 4.69) is 6.92 Å². The van der Waals surface area contributed by atoms with Crippen molar-refractivity contribution in [1.82, 2.24) is 0 Å². The minimum absolute atomic E-state index is 0.193. The van der Waals surface area contributed by atoms with Crippen LogP contribution in [0.2, 0.25) is 0 Å². The van der Waals surface area contributed by atoms with Crippen LogP contribution in [-0.2, 0) is 16.1 Å². The van der Waals surface area contributed by atoms with Gasteiger partial charge in [-0.2, -0.15) is 0 Å². The first kappa shape index (κ1) is 12.2. The SMILES string of the molecule is CC1CCC(C(=O)O)C(OCc2ccco2)C1. The summed E-state index contributed by atoms with van der Waals surface area (Å²) in [5.41, 5.74) is 0. The lowest BCUT2D eigenvalue weighted by Crippen LogP contribution is -2.36. The Morgan fingerprint density at radius 3 is 3.06 bits per heavy atom. The molecule has 0 aliphatic heterocycles. The summed E-state index contributed by atoms with van der Waals surface area (Å²) in [7, 11) is 0. The van der Waals surface area contributed by atoms with Crippen LogP contribution in [0, 0.1) is 11.8 Å². The molecular formula is C13H18O4. The summed E-state index contributed by atoms with van der Waals surface area (Å²) in [6.07, 6.45) is 3.90. The van der Waals surface area contributed by atoms with Crippen LogP contribution in [0.1, 0.15) is 31.9 Å². The van der Waals surface area contributed by atoms with Gasteiger partial charge in [-0.05, 0) is 37.3 Å². The highest BCUT2D eigenvalue weighted by Gasteiger charge is 2.34. The molecular weight excluding hydrogens is 220 g/mol. The van der Waals surface area contributed by atoms with Crippen molar-refractivity contribution in [3.8, 4) is 0 Å². The summed E-state index contributed by atoms with van der Waals surface area (Å²) in [6, 6.07) is 3.64. The average molecular weight is 238 g/mol. The van der Waals surface area contributed by atoms with Gasteiger partial charge in [-0.25, -0.2) is 0 Å². The fourth-order valence-electron chi connectivity index (χ4n) is 2.38. The Balaban J connectivity index is 1.93. The van der Waals surface area contributed by atoms with E-state index in [1.54, 1.807) is 12.3 Å². The summed E-state index contributed by atoms with van der Waals surface area (Å²) in [5.74, 6) is 0.155.